The van der Waals surface area contributed by atoms with Gasteiger partial charge in [-0.1, -0.05) is 60.7 Å². The maximum atomic E-state index is 6.09. The van der Waals surface area contributed by atoms with Crippen molar-refractivity contribution in [1.82, 2.24) is 9.97 Å². The van der Waals surface area contributed by atoms with Crippen LogP contribution in [-0.2, 0) is 0 Å². The van der Waals surface area contributed by atoms with Crippen LogP contribution >= 0.6 is 23.2 Å². The van der Waals surface area contributed by atoms with Gasteiger partial charge in [0.05, 0.1) is 10.2 Å². The van der Waals surface area contributed by atoms with E-state index in [4.69, 9.17) is 21.1 Å². The van der Waals surface area contributed by atoms with Gasteiger partial charge in [-0.15, -0.1) is 11.3 Å². The summed E-state index contributed by atoms with van der Waals surface area (Å²) in [6, 6.07) is 33.5. The van der Waals surface area contributed by atoms with Crippen LogP contribution in [0.2, 0.25) is 0 Å². The number of halogens is 1. The van der Waals surface area contributed by atoms with Crippen LogP contribution in [-0.4, -0.2) is 9.97 Å². The van der Waals surface area contributed by atoms with Crippen molar-refractivity contribution >= 4 is 65.9 Å². The summed E-state index contributed by atoms with van der Waals surface area (Å²) in [7, 11) is 0. The molecule has 0 fully saturated rings. The number of rotatable bonds is 3. The fourth-order valence-electron chi connectivity index (χ4n) is 4.87. The first kappa shape index (κ1) is 20.4. The van der Waals surface area contributed by atoms with E-state index in [0.717, 1.165) is 59.7 Å². The maximum Gasteiger partial charge on any atom is 0.180 e. The van der Waals surface area contributed by atoms with Crippen LogP contribution in [0.5, 0.6) is 5.75 Å². The first-order valence-corrected chi connectivity index (χ1v) is 12.4. The Hall–Kier alpha value is -3.99. The number of fused-ring (bicyclic) bond motifs is 4. The fourth-order valence-corrected chi connectivity index (χ4v) is 5.99. The number of pyridine rings is 1. The molecule has 5 heteroatoms. The van der Waals surface area contributed by atoms with Gasteiger partial charge in [0.2, 0.25) is 0 Å². The Labute approximate surface area is 210 Å². The zero-order chi connectivity index (χ0) is 23.4. The molecule has 0 radical (unpaired) electrons. The van der Waals surface area contributed by atoms with E-state index in [0.29, 0.717) is 5.75 Å². The highest BCUT2D eigenvalue weighted by Crippen LogP contribution is 2.44. The lowest BCUT2D eigenvalue weighted by Gasteiger charge is -2.16. The molecule has 0 aliphatic rings. The van der Waals surface area contributed by atoms with Crippen molar-refractivity contribution in [1.29, 1.82) is 0 Å². The van der Waals surface area contributed by atoms with Crippen LogP contribution in [0.25, 0.3) is 64.4 Å². The molecule has 0 bridgehead atoms. The van der Waals surface area contributed by atoms with E-state index in [1.807, 2.05) is 18.2 Å². The van der Waals surface area contributed by atoms with Crippen molar-refractivity contribution in [3.05, 3.63) is 103 Å². The summed E-state index contributed by atoms with van der Waals surface area (Å²) in [6.45, 7) is 0. The summed E-state index contributed by atoms with van der Waals surface area (Å²) in [5, 5.41) is 6.53. The van der Waals surface area contributed by atoms with E-state index in [-0.39, 0.29) is 0 Å². The molecule has 35 heavy (non-hydrogen) atoms. The molecule has 7 rings (SSSR count). The van der Waals surface area contributed by atoms with E-state index in [1.165, 1.54) is 4.70 Å². The van der Waals surface area contributed by atoms with E-state index < -0.39 is 0 Å². The van der Waals surface area contributed by atoms with Crippen molar-refractivity contribution in [3.8, 4) is 27.4 Å². The van der Waals surface area contributed by atoms with Crippen LogP contribution in [0.3, 0.4) is 0 Å². The van der Waals surface area contributed by atoms with Gasteiger partial charge in [-0.3, -0.25) is 4.98 Å². The van der Waals surface area contributed by atoms with Gasteiger partial charge >= 0.3 is 0 Å². The molecule has 0 N–H and O–H groups in total. The van der Waals surface area contributed by atoms with Gasteiger partial charge in [0.25, 0.3) is 0 Å². The predicted molar refractivity (Wildman–Crippen MR) is 147 cm³/mol. The molecule has 3 nitrogen and oxygen atoms in total. The molecule has 0 saturated carbocycles. The lowest BCUT2D eigenvalue weighted by atomic mass is 9.90. The number of thiazole rings is 1. The van der Waals surface area contributed by atoms with Crippen molar-refractivity contribution in [3.63, 3.8) is 0 Å². The molecule has 5 aromatic carbocycles. The quantitative estimate of drug-likeness (QED) is 0.233. The molecule has 2 aromatic heterocycles. The average molecular weight is 489 g/mol. The molecule has 0 amide bonds. The van der Waals surface area contributed by atoms with Crippen LogP contribution in [0, 0.1) is 0 Å². The molecule has 0 spiro atoms. The molecular formula is C30H17ClN2OS. The smallest absolute Gasteiger partial charge is 0.180 e. The zero-order valence-electron chi connectivity index (χ0n) is 18.4. The second kappa shape index (κ2) is 8.05. The van der Waals surface area contributed by atoms with Crippen molar-refractivity contribution in [2.45, 2.75) is 0 Å². The van der Waals surface area contributed by atoms with Crippen LogP contribution in [0.4, 0.5) is 0 Å². The summed E-state index contributed by atoms with van der Waals surface area (Å²) in [5.41, 5.74) is 4.83. The second-order valence-corrected chi connectivity index (χ2v) is 9.67. The Morgan fingerprint density at radius 3 is 2.43 bits per heavy atom. The molecule has 7 aromatic rings. The van der Waals surface area contributed by atoms with Gasteiger partial charge in [0, 0.05) is 28.3 Å². The minimum absolute atomic E-state index is 0.563. The summed E-state index contributed by atoms with van der Waals surface area (Å²) >= 11 is 7.79. The first-order valence-electron chi connectivity index (χ1n) is 11.3. The summed E-state index contributed by atoms with van der Waals surface area (Å²) in [6.07, 6.45) is 1.76. The first-order chi connectivity index (χ1) is 17.3. The monoisotopic (exact) mass is 488 g/mol. The van der Waals surface area contributed by atoms with Crippen LogP contribution in [0.15, 0.2) is 103 Å². The molecule has 2 heterocycles. The summed E-state index contributed by atoms with van der Waals surface area (Å²) in [5.74, 6) is 0.563. The highest BCUT2D eigenvalue weighted by atomic mass is 35.5. The number of hydrogen-bond donors (Lipinski definition) is 0. The van der Waals surface area contributed by atoms with E-state index in [2.05, 4.69) is 83.8 Å². The minimum Gasteiger partial charge on any atom is -0.383 e. The van der Waals surface area contributed by atoms with Crippen molar-refractivity contribution < 1.29 is 4.29 Å². The summed E-state index contributed by atoms with van der Waals surface area (Å²) in [4.78, 5) is 9.46. The molecule has 0 aliphatic carbocycles. The Balaban J connectivity index is 1.58. The van der Waals surface area contributed by atoms with Gasteiger partial charge in [-0.25, -0.2) is 4.98 Å². The minimum atomic E-state index is 0.563. The topological polar surface area (TPSA) is 35.0 Å². The SMILES string of the molecule is ClOc1c(-c2c3ccccc3cc3ccc(-c4nc5ccccc5s4)cc23)ccc2cccnc12. The predicted octanol–water partition coefficient (Wildman–Crippen LogP) is 9.02. The zero-order valence-corrected chi connectivity index (χ0v) is 20.0. The highest BCUT2D eigenvalue weighted by molar-refractivity contribution is 7.21. The number of benzene rings is 5. The van der Waals surface area contributed by atoms with Crippen LogP contribution in [0.1, 0.15) is 0 Å². The largest absolute Gasteiger partial charge is 0.383 e. The fraction of sp³-hybridized carbons (Fsp3) is 0. The second-order valence-electron chi connectivity index (χ2n) is 8.49. The number of para-hydroxylation sites is 1. The molecule has 0 aliphatic heterocycles. The highest BCUT2D eigenvalue weighted by Gasteiger charge is 2.18. The molecule has 0 saturated heterocycles. The van der Waals surface area contributed by atoms with Crippen molar-refractivity contribution in [2.75, 3.05) is 0 Å². The third kappa shape index (κ3) is 3.26. The molecular weight excluding hydrogens is 472 g/mol. The summed E-state index contributed by atoms with van der Waals surface area (Å²) < 4.78 is 6.65. The van der Waals surface area contributed by atoms with Gasteiger partial charge in [0.1, 0.15) is 22.4 Å². The Bertz CT molecular complexity index is 1880. The molecule has 0 atom stereocenters. The normalized spacial score (nSPS) is 11.6. The lowest BCUT2D eigenvalue weighted by molar-refractivity contribution is 0.627. The Morgan fingerprint density at radius 1 is 0.714 bits per heavy atom. The maximum absolute atomic E-state index is 6.09. The van der Waals surface area contributed by atoms with E-state index in [9.17, 15) is 0 Å². The lowest BCUT2D eigenvalue weighted by Crippen LogP contribution is -1.91. The van der Waals surface area contributed by atoms with E-state index in [1.54, 1.807) is 17.5 Å². The van der Waals surface area contributed by atoms with Crippen LogP contribution < -0.4 is 4.29 Å². The van der Waals surface area contributed by atoms with Gasteiger partial charge in [-0.05, 0) is 57.9 Å². The number of hydrogen-bond acceptors (Lipinski definition) is 4. The third-order valence-electron chi connectivity index (χ3n) is 6.48. The van der Waals surface area contributed by atoms with Gasteiger partial charge < -0.3 is 4.29 Å². The molecule has 166 valence electrons. The number of aromatic nitrogens is 2. The Morgan fingerprint density at radius 2 is 1.51 bits per heavy atom. The van der Waals surface area contributed by atoms with Crippen molar-refractivity contribution in [2.24, 2.45) is 0 Å². The Kier molecular flexibility index (Phi) is 4.69. The average Bonchev–Trinajstić information content (AvgIpc) is 3.35. The van der Waals surface area contributed by atoms with Gasteiger partial charge in [0.15, 0.2) is 5.75 Å². The third-order valence-corrected chi connectivity index (χ3v) is 7.72. The molecule has 0 unspecified atom stereocenters. The number of nitrogens with zero attached hydrogens (tertiary/aromatic N) is 2. The van der Waals surface area contributed by atoms with Gasteiger partial charge in [-0.2, -0.15) is 0 Å². The standard InChI is InChI=1S/C30H17ClN2OS/c31-34-29-23(14-13-18-7-5-15-32-28(18)29)27-22-8-2-1-6-19(22)16-20-11-12-21(17-24(20)27)30-33-25-9-3-4-10-26(25)35-30/h1-17H. The van der Waals surface area contributed by atoms with E-state index >= 15 is 0 Å².